The van der Waals surface area contributed by atoms with Gasteiger partial charge in [0, 0.05) is 23.1 Å². The number of aliphatic imine (C=N–C) groups is 1. The smallest absolute Gasteiger partial charge is 0.248 e. The first-order valence-electron chi connectivity index (χ1n) is 8.61. The largest absolute Gasteiger partial charge is 0.506 e. The number of fused-ring (bicyclic) bond motifs is 1. The highest BCUT2D eigenvalue weighted by Crippen LogP contribution is 2.51. The summed E-state index contributed by atoms with van der Waals surface area (Å²) in [6.45, 7) is 0. The van der Waals surface area contributed by atoms with Crippen LogP contribution < -0.4 is 11.1 Å². The second-order valence-electron chi connectivity index (χ2n) is 6.55. The molecule has 1 heterocycles. The zero-order chi connectivity index (χ0) is 19.4. The van der Waals surface area contributed by atoms with E-state index in [1.54, 1.807) is 6.07 Å². The van der Waals surface area contributed by atoms with E-state index in [0.717, 1.165) is 31.2 Å². The second-order valence-corrected chi connectivity index (χ2v) is 7.59. The number of nitrogens with two attached hydrogens (primary N) is 1. The van der Waals surface area contributed by atoms with Crippen LogP contribution in [0.1, 0.15) is 24.8 Å². The van der Waals surface area contributed by atoms with Gasteiger partial charge in [-0.25, -0.2) is 4.39 Å². The topological polar surface area (TPSA) is 112 Å². The zero-order valence-electron chi connectivity index (χ0n) is 14.6. The normalized spacial score (nSPS) is 25.1. The SMILES string of the molecule is N=C/C(O)=C\C=C\C(=O)Nc1ccc(F)c([C@]23CCC[C@H]2CSC(N)=N3)c1. The Kier molecular flexibility index (Phi) is 5.65. The molecule has 0 aromatic heterocycles. The van der Waals surface area contributed by atoms with E-state index >= 15 is 0 Å². The van der Waals surface area contributed by atoms with E-state index < -0.39 is 11.4 Å². The van der Waals surface area contributed by atoms with Crippen LogP contribution in [0.25, 0.3) is 0 Å². The Morgan fingerprint density at radius 2 is 2.33 bits per heavy atom. The number of nitrogens with zero attached hydrogens (tertiary/aromatic N) is 1. The molecule has 1 amide bonds. The monoisotopic (exact) mass is 388 g/mol. The van der Waals surface area contributed by atoms with Crippen LogP contribution in [0, 0.1) is 17.1 Å². The second kappa shape index (κ2) is 7.96. The maximum Gasteiger partial charge on any atom is 0.248 e. The summed E-state index contributed by atoms with van der Waals surface area (Å²) in [5.41, 5.74) is 6.22. The molecule has 6 nitrogen and oxygen atoms in total. The molecular weight excluding hydrogens is 367 g/mol. The van der Waals surface area contributed by atoms with Crippen LogP contribution in [0.4, 0.5) is 10.1 Å². The van der Waals surface area contributed by atoms with Gasteiger partial charge < -0.3 is 21.6 Å². The quantitative estimate of drug-likeness (QED) is 0.268. The summed E-state index contributed by atoms with van der Waals surface area (Å²) in [4.78, 5) is 16.7. The Hall–Kier alpha value is -2.61. The van der Waals surface area contributed by atoms with Crippen molar-refractivity contribution in [3.8, 4) is 0 Å². The van der Waals surface area contributed by atoms with Gasteiger partial charge in [-0.15, -0.1) is 0 Å². The number of amidine groups is 1. The third-order valence-corrected chi connectivity index (χ3v) is 5.85. The maximum absolute atomic E-state index is 14.7. The number of benzene rings is 1. The molecule has 5 N–H and O–H groups in total. The molecule has 0 saturated heterocycles. The van der Waals surface area contributed by atoms with Gasteiger partial charge in [-0.1, -0.05) is 24.3 Å². The maximum atomic E-state index is 14.7. The number of hydrogen-bond acceptors (Lipinski definition) is 6. The summed E-state index contributed by atoms with van der Waals surface area (Å²) in [5.74, 6) is 0.00299. The fourth-order valence-corrected chi connectivity index (χ4v) is 4.70. The van der Waals surface area contributed by atoms with Gasteiger partial charge in [-0.05, 0) is 43.0 Å². The average molecular weight is 388 g/mol. The summed E-state index contributed by atoms with van der Waals surface area (Å²) >= 11 is 1.51. The Morgan fingerprint density at radius 1 is 1.52 bits per heavy atom. The summed E-state index contributed by atoms with van der Waals surface area (Å²) in [6, 6.07) is 4.48. The minimum Gasteiger partial charge on any atom is -0.506 e. The number of allylic oxidation sites excluding steroid dienone is 3. The Bertz CT molecular complexity index is 852. The number of aliphatic hydroxyl groups is 1. The van der Waals surface area contributed by atoms with Crippen LogP contribution in [0.2, 0.25) is 0 Å². The molecule has 0 bridgehead atoms. The molecular formula is C19H21FN4O2S. The van der Waals surface area contributed by atoms with Crippen molar-refractivity contribution in [1.82, 2.24) is 0 Å². The minimum absolute atomic E-state index is 0.226. The number of hydrogen-bond donors (Lipinski definition) is 4. The number of thioether (sulfide) groups is 1. The van der Waals surface area contributed by atoms with Gasteiger partial charge >= 0.3 is 0 Å². The van der Waals surface area contributed by atoms with Gasteiger partial charge in [0.2, 0.25) is 5.91 Å². The average Bonchev–Trinajstić information content (AvgIpc) is 3.06. The number of rotatable bonds is 5. The number of aliphatic hydroxyl groups excluding tert-OH is 1. The molecule has 0 radical (unpaired) electrons. The van der Waals surface area contributed by atoms with E-state index in [2.05, 4.69) is 10.3 Å². The van der Waals surface area contributed by atoms with E-state index in [0.29, 0.717) is 16.4 Å². The van der Waals surface area contributed by atoms with Crippen molar-refractivity contribution in [2.75, 3.05) is 11.1 Å². The number of amides is 1. The number of nitrogens with one attached hydrogen (secondary N) is 2. The summed E-state index contributed by atoms with van der Waals surface area (Å²) in [6.07, 6.45) is 7.21. The van der Waals surface area contributed by atoms with Crippen molar-refractivity contribution < 1.29 is 14.3 Å². The molecule has 2 atom stereocenters. The third kappa shape index (κ3) is 4.05. The molecule has 1 aliphatic heterocycles. The first-order valence-corrected chi connectivity index (χ1v) is 9.60. The zero-order valence-corrected chi connectivity index (χ0v) is 15.4. The fourth-order valence-electron chi connectivity index (χ4n) is 3.66. The van der Waals surface area contributed by atoms with Crippen LogP contribution >= 0.6 is 11.8 Å². The highest BCUT2D eigenvalue weighted by molar-refractivity contribution is 8.13. The standard InChI is InChI=1S/C19H21FN4O2S/c20-16-7-6-13(23-17(26)5-1-4-14(25)10-21)9-15(16)19-8-2-3-12(19)11-27-18(22)24-19/h1,4-7,9-10,12,21,25H,2-3,8,11H2,(H2,22,24)(H,23,26)/b5-1+,14-4+,21-10?/t12-,19-/m0/s1. The lowest BCUT2D eigenvalue weighted by Gasteiger charge is -2.36. The number of carbonyl (C=O) groups excluding carboxylic acids is 1. The highest BCUT2D eigenvalue weighted by atomic mass is 32.2. The number of anilines is 1. The van der Waals surface area contributed by atoms with Gasteiger partial charge in [-0.3, -0.25) is 9.79 Å². The number of halogens is 1. The molecule has 1 aromatic rings. The predicted octanol–water partition coefficient (Wildman–Crippen LogP) is 3.47. The summed E-state index contributed by atoms with van der Waals surface area (Å²) < 4.78 is 14.7. The van der Waals surface area contributed by atoms with E-state index in [4.69, 9.17) is 16.2 Å². The van der Waals surface area contributed by atoms with Crippen molar-refractivity contribution in [2.24, 2.45) is 16.6 Å². The van der Waals surface area contributed by atoms with Crippen molar-refractivity contribution in [3.05, 3.63) is 53.6 Å². The molecule has 142 valence electrons. The van der Waals surface area contributed by atoms with Crippen molar-refractivity contribution in [1.29, 1.82) is 5.41 Å². The van der Waals surface area contributed by atoms with E-state index in [1.807, 2.05) is 0 Å². The van der Waals surface area contributed by atoms with Crippen molar-refractivity contribution >= 4 is 34.7 Å². The highest BCUT2D eigenvalue weighted by Gasteiger charge is 2.48. The Labute approximate surface area is 160 Å². The first kappa shape index (κ1) is 19.2. The van der Waals surface area contributed by atoms with Crippen molar-refractivity contribution in [3.63, 3.8) is 0 Å². The first-order chi connectivity index (χ1) is 12.9. The predicted molar refractivity (Wildman–Crippen MR) is 107 cm³/mol. The molecule has 0 unspecified atom stereocenters. The molecule has 1 saturated carbocycles. The number of carbonyl (C=O) groups is 1. The molecule has 1 fully saturated rings. The molecule has 27 heavy (non-hydrogen) atoms. The Morgan fingerprint density at radius 3 is 3.11 bits per heavy atom. The fraction of sp³-hybridized carbons (Fsp3) is 0.316. The van der Waals surface area contributed by atoms with Gasteiger partial charge in [0.05, 0.1) is 11.8 Å². The third-order valence-electron chi connectivity index (χ3n) is 4.89. The van der Waals surface area contributed by atoms with E-state index in [-0.39, 0.29) is 17.5 Å². The Balaban J connectivity index is 1.86. The summed E-state index contributed by atoms with van der Waals surface area (Å²) in [5, 5.41) is 19.2. The van der Waals surface area contributed by atoms with Gasteiger partial charge in [0.25, 0.3) is 0 Å². The lowest BCUT2D eigenvalue weighted by molar-refractivity contribution is -0.111. The van der Waals surface area contributed by atoms with Crippen molar-refractivity contribution in [2.45, 2.75) is 24.8 Å². The summed E-state index contributed by atoms with van der Waals surface area (Å²) in [7, 11) is 0. The molecule has 0 spiro atoms. The molecule has 3 rings (SSSR count). The molecule has 1 aliphatic carbocycles. The van der Waals surface area contributed by atoms with Gasteiger partial charge in [0.1, 0.15) is 11.6 Å². The van der Waals surface area contributed by atoms with Gasteiger partial charge in [0.15, 0.2) is 5.17 Å². The van der Waals surface area contributed by atoms with Crippen LogP contribution in [0.5, 0.6) is 0 Å². The molecule has 1 aromatic carbocycles. The molecule has 8 heteroatoms. The lowest BCUT2D eigenvalue weighted by atomic mass is 9.81. The van der Waals surface area contributed by atoms with Gasteiger partial charge in [-0.2, -0.15) is 0 Å². The van der Waals surface area contributed by atoms with Crippen LogP contribution in [-0.4, -0.2) is 28.1 Å². The van der Waals surface area contributed by atoms with E-state index in [1.165, 1.54) is 42.1 Å². The van der Waals surface area contributed by atoms with Crippen LogP contribution in [-0.2, 0) is 10.3 Å². The van der Waals surface area contributed by atoms with Crippen LogP contribution in [0.15, 0.2) is 47.2 Å². The van der Waals surface area contributed by atoms with Crippen LogP contribution in [0.3, 0.4) is 0 Å². The minimum atomic E-state index is -0.658. The van der Waals surface area contributed by atoms with E-state index in [9.17, 15) is 9.18 Å². The lowest BCUT2D eigenvalue weighted by Crippen LogP contribution is -2.37. The molecule has 2 aliphatic rings.